The van der Waals surface area contributed by atoms with Gasteiger partial charge in [0.25, 0.3) is 11.2 Å². The van der Waals surface area contributed by atoms with Crippen LogP contribution >= 0.6 is 0 Å². The van der Waals surface area contributed by atoms with Crippen molar-refractivity contribution in [3.63, 3.8) is 0 Å². The maximum absolute atomic E-state index is 12.3. The number of anilines is 1. The molecule has 0 bridgehead atoms. The summed E-state index contributed by atoms with van der Waals surface area (Å²) in [6, 6.07) is 16.4. The van der Waals surface area contributed by atoms with Crippen LogP contribution in [0.2, 0.25) is 0 Å². The third-order valence-corrected chi connectivity index (χ3v) is 3.92. The van der Waals surface area contributed by atoms with Crippen LogP contribution < -0.4 is 10.9 Å². The number of nitrogens with zero attached hydrogens (tertiary/aromatic N) is 3. The summed E-state index contributed by atoms with van der Waals surface area (Å²) in [7, 11) is 0. The number of nitro groups is 1. The molecule has 0 radical (unpaired) electrons. The minimum atomic E-state index is -0.503. The van der Waals surface area contributed by atoms with E-state index < -0.39 is 16.4 Å². The molecule has 0 fully saturated rings. The van der Waals surface area contributed by atoms with Crippen molar-refractivity contribution in [3.05, 3.63) is 86.7 Å². The molecule has 1 N–H and O–H groups in total. The lowest BCUT2D eigenvalue weighted by Gasteiger charge is -2.10. The molecule has 3 aromatic rings. The van der Waals surface area contributed by atoms with Crippen molar-refractivity contribution in [1.82, 2.24) is 9.78 Å². The fourth-order valence-electron chi connectivity index (χ4n) is 2.55. The Morgan fingerprint density at radius 2 is 1.89 bits per heavy atom. The SMILES string of the molecule is Cc1cc([N+](=O)[O-])ccc1NC(=O)Cn1nc(-c2ccccc2)ccc1=O. The molecule has 0 saturated heterocycles. The predicted octanol–water partition coefficient (Wildman–Crippen LogP) is 2.77. The lowest BCUT2D eigenvalue weighted by atomic mass is 10.1. The van der Waals surface area contributed by atoms with E-state index in [1.165, 1.54) is 24.3 Å². The van der Waals surface area contributed by atoms with Gasteiger partial charge in [0.05, 0.1) is 10.6 Å². The van der Waals surface area contributed by atoms with Gasteiger partial charge in [0.1, 0.15) is 6.54 Å². The van der Waals surface area contributed by atoms with Crippen LogP contribution in [0.15, 0.2) is 65.5 Å². The molecule has 3 rings (SSSR count). The van der Waals surface area contributed by atoms with Crippen molar-refractivity contribution in [2.24, 2.45) is 0 Å². The van der Waals surface area contributed by atoms with Gasteiger partial charge in [-0.15, -0.1) is 0 Å². The van der Waals surface area contributed by atoms with Crippen LogP contribution in [-0.4, -0.2) is 20.6 Å². The zero-order valence-corrected chi connectivity index (χ0v) is 14.5. The van der Waals surface area contributed by atoms with Gasteiger partial charge in [0.2, 0.25) is 5.91 Å². The first-order valence-corrected chi connectivity index (χ1v) is 8.12. The molecule has 8 nitrogen and oxygen atoms in total. The van der Waals surface area contributed by atoms with Gasteiger partial charge in [-0.2, -0.15) is 5.10 Å². The van der Waals surface area contributed by atoms with Gasteiger partial charge < -0.3 is 5.32 Å². The third-order valence-electron chi connectivity index (χ3n) is 3.92. The standard InChI is InChI=1S/C19H16N4O4/c1-13-11-15(23(26)27)7-8-16(13)20-18(24)12-22-19(25)10-9-17(21-22)14-5-3-2-4-6-14/h2-11H,12H2,1H3,(H,20,24). The molecule has 1 heterocycles. The molecule has 136 valence electrons. The molecule has 0 aliphatic rings. The van der Waals surface area contributed by atoms with E-state index in [4.69, 9.17) is 0 Å². The van der Waals surface area contributed by atoms with Crippen LogP contribution in [0.3, 0.4) is 0 Å². The van der Waals surface area contributed by atoms with Crippen molar-refractivity contribution in [2.75, 3.05) is 5.32 Å². The number of hydrogen-bond donors (Lipinski definition) is 1. The highest BCUT2D eigenvalue weighted by molar-refractivity contribution is 5.91. The monoisotopic (exact) mass is 364 g/mol. The quantitative estimate of drug-likeness (QED) is 0.553. The number of carbonyl (C=O) groups excluding carboxylic acids is 1. The molecule has 8 heteroatoms. The Bertz CT molecular complexity index is 1060. The maximum atomic E-state index is 12.3. The fraction of sp³-hybridized carbons (Fsp3) is 0.105. The van der Waals surface area contributed by atoms with Crippen LogP contribution in [0, 0.1) is 17.0 Å². The summed E-state index contributed by atoms with van der Waals surface area (Å²) in [6.45, 7) is 1.39. The van der Waals surface area contributed by atoms with E-state index in [-0.39, 0.29) is 12.2 Å². The molecule has 0 spiro atoms. The molecule has 0 saturated carbocycles. The molecule has 1 aromatic heterocycles. The van der Waals surface area contributed by atoms with E-state index in [1.54, 1.807) is 13.0 Å². The maximum Gasteiger partial charge on any atom is 0.269 e. The summed E-state index contributed by atoms with van der Waals surface area (Å²) < 4.78 is 1.08. The van der Waals surface area contributed by atoms with Gasteiger partial charge in [-0.25, -0.2) is 4.68 Å². The molecule has 2 aromatic carbocycles. The number of amides is 1. The zero-order valence-electron chi connectivity index (χ0n) is 14.5. The Morgan fingerprint density at radius 3 is 2.56 bits per heavy atom. The number of aryl methyl sites for hydroxylation is 1. The Balaban J connectivity index is 1.78. The summed E-state index contributed by atoms with van der Waals surface area (Å²) in [6.07, 6.45) is 0. The second-order valence-corrected chi connectivity index (χ2v) is 5.88. The van der Waals surface area contributed by atoms with Gasteiger partial charge in [0.15, 0.2) is 0 Å². The summed E-state index contributed by atoms with van der Waals surface area (Å²) in [5.74, 6) is -0.452. The smallest absolute Gasteiger partial charge is 0.269 e. The van der Waals surface area contributed by atoms with Gasteiger partial charge in [-0.05, 0) is 24.6 Å². The van der Waals surface area contributed by atoms with Crippen LogP contribution in [0.5, 0.6) is 0 Å². The number of carbonyl (C=O) groups is 1. The lowest BCUT2D eigenvalue weighted by Crippen LogP contribution is -2.29. The van der Waals surface area contributed by atoms with Crippen molar-refractivity contribution >= 4 is 17.3 Å². The second-order valence-electron chi connectivity index (χ2n) is 5.88. The van der Waals surface area contributed by atoms with Crippen molar-refractivity contribution in [3.8, 4) is 11.3 Å². The van der Waals surface area contributed by atoms with E-state index in [2.05, 4.69) is 10.4 Å². The molecular weight excluding hydrogens is 348 g/mol. The van der Waals surface area contributed by atoms with Gasteiger partial charge in [0, 0.05) is 29.4 Å². The molecule has 0 aliphatic heterocycles. The van der Waals surface area contributed by atoms with E-state index in [9.17, 15) is 19.7 Å². The van der Waals surface area contributed by atoms with Crippen LogP contribution in [0.25, 0.3) is 11.3 Å². The number of benzene rings is 2. The molecular formula is C19H16N4O4. The number of hydrogen-bond acceptors (Lipinski definition) is 5. The highest BCUT2D eigenvalue weighted by Crippen LogP contribution is 2.21. The molecule has 0 aliphatic carbocycles. The summed E-state index contributed by atoms with van der Waals surface area (Å²) >= 11 is 0. The van der Waals surface area contributed by atoms with E-state index in [1.807, 2.05) is 30.3 Å². The van der Waals surface area contributed by atoms with E-state index >= 15 is 0 Å². The Morgan fingerprint density at radius 1 is 1.15 bits per heavy atom. The summed E-state index contributed by atoms with van der Waals surface area (Å²) in [5, 5.41) is 17.7. The Hall–Kier alpha value is -3.81. The highest BCUT2D eigenvalue weighted by Gasteiger charge is 2.12. The van der Waals surface area contributed by atoms with Gasteiger partial charge in [-0.3, -0.25) is 19.7 Å². The van der Waals surface area contributed by atoms with E-state index in [0.29, 0.717) is 16.9 Å². The molecule has 0 atom stereocenters. The molecule has 27 heavy (non-hydrogen) atoms. The topological polar surface area (TPSA) is 107 Å². The minimum Gasteiger partial charge on any atom is -0.324 e. The summed E-state index contributed by atoms with van der Waals surface area (Å²) in [4.78, 5) is 34.6. The normalized spacial score (nSPS) is 10.4. The predicted molar refractivity (Wildman–Crippen MR) is 100 cm³/mol. The average Bonchev–Trinajstić information content (AvgIpc) is 2.65. The summed E-state index contributed by atoms with van der Waals surface area (Å²) in [5.41, 5.74) is 1.95. The lowest BCUT2D eigenvalue weighted by molar-refractivity contribution is -0.384. The van der Waals surface area contributed by atoms with Crippen molar-refractivity contribution < 1.29 is 9.72 Å². The second kappa shape index (κ2) is 7.61. The number of rotatable bonds is 5. The number of non-ortho nitro benzene ring substituents is 1. The first-order chi connectivity index (χ1) is 12.9. The molecule has 1 amide bonds. The largest absolute Gasteiger partial charge is 0.324 e. The van der Waals surface area contributed by atoms with Gasteiger partial charge in [-0.1, -0.05) is 30.3 Å². The Labute approximate surface area is 154 Å². The minimum absolute atomic E-state index is 0.0565. The fourth-order valence-corrected chi connectivity index (χ4v) is 2.55. The number of aromatic nitrogens is 2. The first-order valence-electron chi connectivity index (χ1n) is 8.12. The van der Waals surface area contributed by atoms with Crippen LogP contribution in [-0.2, 0) is 11.3 Å². The third kappa shape index (κ3) is 4.24. The van der Waals surface area contributed by atoms with Crippen LogP contribution in [0.4, 0.5) is 11.4 Å². The Kier molecular flexibility index (Phi) is 5.07. The van der Waals surface area contributed by atoms with Crippen molar-refractivity contribution in [2.45, 2.75) is 13.5 Å². The van der Waals surface area contributed by atoms with Crippen molar-refractivity contribution in [1.29, 1.82) is 0 Å². The van der Waals surface area contributed by atoms with Crippen LogP contribution in [0.1, 0.15) is 5.56 Å². The average molecular weight is 364 g/mol. The van der Waals surface area contributed by atoms with E-state index in [0.717, 1.165) is 10.2 Å². The first kappa shape index (κ1) is 18.0. The highest BCUT2D eigenvalue weighted by atomic mass is 16.6. The number of nitrogens with one attached hydrogen (secondary N) is 1. The van der Waals surface area contributed by atoms with Gasteiger partial charge >= 0.3 is 0 Å². The molecule has 0 unspecified atom stereocenters. The zero-order chi connectivity index (χ0) is 19.4. The number of nitro benzene ring substituents is 1.